The van der Waals surface area contributed by atoms with Gasteiger partial charge in [0.25, 0.3) is 0 Å². The average molecular weight is 323 g/mol. The second kappa shape index (κ2) is 7.93. The van der Waals surface area contributed by atoms with Crippen molar-refractivity contribution in [2.75, 3.05) is 0 Å². The number of esters is 1. The van der Waals surface area contributed by atoms with Crippen LogP contribution in [0.25, 0.3) is 11.1 Å². The summed E-state index contributed by atoms with van der Waals surface area (Å²) in [6, 6.07) is 9.27. The van der Waals surface area contributed by atoms with E-state index < -0.39 is 5.97 Å². The molecular formula is C19H17NO4. The van der Waals surface area contributed by atoms with Crippen LogP contribution in [0.15, 0.2) is 36.5 Å². The van der Waals surface area contributed by atoms with Gasteiger partial charge < -0.3 is 9.84 Å². The van der Waals surface area contributed by atoms with Gasteiger partial charge in [0, 0.05) is 24.6 Å². The van der Waals surface area contributed by atoms with Crippen molar-refractivity contribution in [2.45, 2.75) is 26.2 Å². The monoisotopic (exact) mass is 323 g/mol. The Balaban J connectivity index is 2.04. The lowest BCUT2D eigenvalue weighted by molar-refractivity contribution is -0.136. The average Bonchev–Trinajstić information content (AvgIpc) is 2.55. The first-order valence-corrected chi connectivity index (χ1v) is 7.46. The molecule has 1 aromatic carbocycles. The van der Waals surface area contributed by atoms with E-state index in [2.05, 4.69) is 9.72 Å². The molecule has 0 unspecified atom stereocenters. The van der Waals surface area contributed by atoms with Crippen LogP contribution in [-0.2, 0) is 9.53 Å². The fourth-order valence-electron chi connectivity index (χ4n) is 2.20. The molecule has 122 valence electrons. The summed E-state index contributed by atoms with van der Waals surface area (Å²) in [5, 5.41) is 10.1. The molecule has 0 saturated carbocycles. The molecular weight excluding hydrogens is 306 g/mol. The van der Waals surface area contributed by atoms with Crippen LogP contribution in [0.4, 0.5) is 0 Å². The number of carbonyl (C=O) groups is 2. The quantitative estimate of drug-likeness (QED) is 0.502. The Labute approximate surface area is 140 Å². The van der Waals surface area contributed by atoms with Crippen LogP contribution in [0, 0.1) is 19.5 Å². The number of aryl methyl sites for hydroxylation is 1. The van der Waals surface area contributed by atoms with E-state index >= 15 is 0 Å². The summed E-state index contributed by atoms with van der Waals surface area (Å²) in [5.74, 6) is -1.07. The fraction of sp³-hybridized carbons (Fsp3) is 0.211. The van der Waals surface area contributed by atoms with Crippen LogP contribution in [0.3, 0.4) is 0 Å². The molecule has 1 N–H and O–H groups in total. The molecule has 5 heteroatoms. The van der Waals surface area contributed by atoms with Crippen LogP contribution in [0.5, 0.6) is 5.75 Å². The second-order valence-corrected chi connectivity index (χ2v) is 5.33. The molecule has 5 nitrogen and oxygen atoms in total. The number of nitrogens with zero attached hydrogens (tertiary/aromatic N) is 1. The molecule has 0 fully saturated rings. The first-order chi connectivity index (χ1) is 11.5. The zero-order valence-electron chi connectivity index (χ0n) is 13.3. The number of rotatable bonds is 6. The van der Waals surface area contributed by atoms with Gasteiger partial charge in [-0.3, -0.25) is 9.59 Å². The van der Waals surface area contributed by atoms with E-state index in [9.17, 15) is 14.7 Å². The summed E-state index contributed by atoms with van der Waals surface area (Å²) in [6.45, 7) is 1.99. The normalized spacial score (nSPS) is 10.0. The highest BCUT2D eigenvalue weighted by molar-refractivity contribution is 5.97. The van der Waals surface area contributed by atoms with Gasteiger partial charge in [-0.15, -0.1) is 0 Å². The topological polar surface area (TPSA) is 76.5 Å². The zero-order valence-corrected chi connectivity index (χ0v) is 13.3. The van der Waals surface area contributed by atoms with E-state index in [0.717, 1.165) is 16.7 Å². The highest BCUT2D eigenvalue weighted by Crippen LogP contribution is 2.26. The number of aromatic hydroxyl groups is 1. The minimum absolute atomic E-state index is 0.00354. The molecule has 0 saturated heterocycles. The minimum atomic E-state index is -0.558. The Kier molecular flexibility index (Phi) is 5.69. The number of ether oxygens (including phenoxy) is 1. The van der Waals surface area contributed by atoms with Gasteiger partial charge in [0.1, 0.15) is 17.5 Å². The van der Waals surface area contributed by atoms with Crippen LogP contribution >= 0.6 is 0 Å². The number of benzene rings is 1. The number of terminal acetylenes is 1. The predicted molar refractivity (Wildman–Crippen MR) is 89.2 cm³/mol. The maximum absolute atomic E-state index is 12.1. The summed E-state index contributed by atoms with van der Waals surface area (Å²) >= 11 is 0. The molecule has 0 bridgehead atoms. The largest absolute Gasteiger partial charge is 0.506 e. The maximum Gasteiger partial charge on any atom is 0.319 e. The highest BCUT2D eigenvalue weighted by atomic mass is 16.5. The molecule has 0 aliphatic carbocycles. The molecule has 0 radical (unpaired) electrons. The summed E-state index contributed by atoms with van der Waals surface area (Å²) < 4.78 is 4.34. The van der Waals surface area contributed by atoms with Crippen molar-refractivity contribution in [1.82, 2.24) is 4.98 Å². The van der Waals surface area contributed by atoms with Crippen molar-refractivity contribution < 1.29 is 19.4 Å². The molecule has 2 aromatic rings. The van der Waals surface area contributed by atoms with E-state index in [-0.39, 0.29) is 36.5 Å². The van der Waals surface area contributed by atoms with Crippen LogP contribution in [0.1, 0.15) is 35.3 Å². The molecule has 0 amide bonds. The number of hydrogen-bond acceptors (Lipinski definition) is 5. The lowest BCUT2D eigenvalue weighted by Gasteiger charge is -2.06. The Morgan fingerprint density at radius 2 is 1.92 bits per heavy atom. The molecule has 0 spiro atoms. The van der Waals surface area contributed by atoms with Crippen LogP contribution < -0.4 is 0 Å². The summed E-state index contributed by atoms with van der Waals surface area (Å²) in [7, 11) is 0. The number of carbonyl (C=O) groups excluding carboxylic acids is 2. The minimum Gasteiger partial charge on any atom is -0.506 e. The smallest absolute Gasteiger partial charge is 0.319 e. The molecule has 1 aromatic heterocycles. The Hall–Kier alpha value is -3.13. The van der Waals surface area contributed by atoms with Gasteiger partial charge in [-0.2, -0.15) is 0 Å². The number of hydrogen-bond donors (Lipinski definition) is 1. The highest BCUT2D eigenvalue weighted by Gasteiger charge is 2.15. The first kappa shape index (κ1) is 17.2. The van der Waals surface area contributed by atoms with Gasteiger partial charge in [0.2, 0.25) is 0 Å². The number of Topliss-reactive ketones (excluding diaryl/α,β-unsaturated/α-hetero) is 1. The molecule has 2 rings (SSSR count). The summed E-state index contributed by atoms with van der Waals surface area (Å²) in [6.07, 6.45) is 8.56. The lowest BCUT2D eigenvalue weighted by atomic mass is 10.0. The van der Waals surface area contributed by atoms with E-state index in [1.165, 1.54) is 6.07 Å². The van der Waals surface area contributed by atoms with Crippen molar-refractivity contribution in [3.05, 3.63) is 47.8 Å². The van der Waals surface area contributed by atoms with E-state index in [1.807, 2.05) is 31.2 Å². The van der Waals surface area contributed by atoms with Gasteiger partial charge in [-0.1, -0.05) is 36.3 Å². The van der Waals surface area contributed by atoms with Crippen LogP contribution in [0.2, 0.25) is 0 Å². The van der Waals surface area contributed by atoms with Gasteiger partial charge in [0.05, 0.1) is 0 Å². The van der Waals surface area contributed by atoms with E-state index in [0.29, 0.717) is 0 Å². The van der Waals surface area contributed by atoms with Gasteiger partial charge in [-0.25, -0.2) is 4.98 Å². The Morgan fingerprint density at radius 1 is 1.21 bits per heavy atom. The molecule has 1 heterocycles. The summed E-state index contributed by atoms with van der Waals surface area (Å²) in [5.41, 5.74) is 2.75. The van der Waals surface area contributed by atoms with E-state index in [4.69, 9.17) is 6.42 Å². The third-order valence-corrected chi connectivity index (χ3v) is 3.47. The van der Waals surface area contributed by atoms with Crippen molar-refractivity contribution in [1.29, 1.82) is 0 Å². The van der Waals surface area contributed by atoms with Crippen molar-refractivity contribution in [3.63, 3.8) is 0 Å². The van der Waals surface area contributed by atoms with Crippen molar-refractivity contribution >= 4 is 11.8 Å². The van der Waals surface area contributed by atoms with Gasteiger partial charge >= 0.3 is 5.97 Å². The predicted octanol–water partition coefficient (Wildman–Crippen LogP) is 3.25. The Bertz CT molecular complexity index is 788. The molecule has 24 heavy (non-hydrogen) atoms. The van der Waals surface area contributed by atoms with E-state index in [1.54, 1.807) is 12.3 Å². The second-order valence-electron chi connectivity index (χ2n) is 5.33. The summed E-state index contributed by atoms with van der Waals surface area (Å²) in [4.78, 5) is 27.3. The number of aromatic nitrogens is 1. The fourth-order valence-corrected chi connectivity index (χ4v) is 2.20. The number of ketones is 1. The van der Waals surface area contributed by atoms with Gasteiger partial charge in [-0.05, 0) is 25.0 Å². The van der Waals surface area contributed by atoms with Gasteiger partial charge in [0.15, 0.2) is 5.78 Å². The standard InChI is InChI=1S/C19H17NO4/c1-3-24-18(23)6-4-5-16(21)19-17(22)11-15(12-20-19)14-9-7-13(2)8-10-14/h1,7-12,22H,4-6H2,2H3. The molecule has 0 aliphatic rings. The lowest BCUT2D eigenvalue weighted by Crippen LogP contribution is -2.05. The SMILES string of the molecule is C#COC(=O)CCCC(=O)c1ncc(-c2ccc(C)cc2)cc1O. The molecule has 0 aliphatic heterocycles. The Morgan fingerprint density at radius 3 is 2.54 bits per heavy atom. The third-order valence-electron chi connectivity index (χ3n) is 3.47. The van der Waals surface area contributed by atoms with Crippen molar-refractivity contribution in [3.8, 4) is 29.4 Å². The zero-order chi connectivity index (χ0) is 17.5. The molecule has 0 atom stereocenters. The van der Waals surface area contributed by atoms with Crippen molar-refractivity contribution in [2.24, 2.45) is 0 Å². The first-order valence-electron chi connectivity index (χ1n) is 7.46. The number of pyridine rings is 1. The van der Waals surface area contributed by atoms with Crippen LogP contribution in [-0.4, -0.2) is 21.8 Å². The maximum atomic E-state index is 12.1. The third kappa shape index (κ3) is 4.43.